The lowest BCUT2D eigenvalue weighted by Gasteiger charge is -2.34. The van der Waals surface area contributed by atoms with Gasteiger partial charge < -0.3 is 10.2 Å². The highest BCUT2D eigenvalue weighted by atomic mass is 15.3. The van der Waals surface area contributed by atoms with Crippen molar-refractivity contribution in [2.45, 2.75) is 20.3 Å². The van der Waals surface area contributed by atoms with E-state index in [1.807, 2.05) is 13.2 Å². The molecule has 6 nitrogen and oxygen atoms in total. The maximum absolute atomic E-state index is 4.34. The molecule has 0 saturated carbocycles. The van der Waals surface area contributed by atoms with Crippen LogP contribution in [0.2, 0.25) is 0 Å². The predicted molar refractivity (Wildman–Crippen MR) is 84.2 cm³/mol. The van der Waals surface area contributed by atoms with Crippen LogP contribution >= 0.6 is 0 Å². The highest BCUT2D eigenvalue weighted by molar-refractivity contribution is 5.85. The van der Waals surface area contributed by atoms with E-state index < -0.39 is 0 Å². The number of nitrogens with one attached hydrogen (secondary N) is 1. The van der Waals surface area contributed by atoms with E-state index in [0.717, 1.165) is 41.8 Å². The van der Waals surface area contributed by atoms with Crippen molar-refractivity contribution in [3.8, 4) is 0 Å². The number of fused-ring (bicyclic) bond motifs is 1. The van der Waals surface area contributed by atoms with Crippen LogP contribution < -0.4 is 5.32 Å². The SMILES string of the molecule is C[C@@H]1C[C@H](C)CN(CCNc2ncnc3c2cnn3C)C1. The summed E-state index contributed by atoms with van der Waals surface area (Å²) in [6.07, 6.45) is 4.77. The molecule has 0 aromatic carbocycles. The van der Waals surface area contributed by atoms with Gasteiger partial charge in [0.25, 0.3) is 0 Å². The van der Waals surface area contributed by atoms with Crippen LogP contribution in [0.4, 0.5) is 5.82 Å². The van der Waals surface area contributed by atoms with Gasteiger partial charge in [0.05, 0.1) is 11.6 Å². The number of aryl methyl sites for hydroxylation is 1. The molecule has 0 bridgehead atoms. The van der Waals surface area contributed by atoms with Gasteiger partial charge in [-0.05, 0) is 18.3 Å². The van der Waals surface area contributed by atoms with E-state index in [1.165, 1.54) is 19.5 Å². The zero-order valence-corrected chi connectivity index (χ0v) is 13.1. The number of hydrogen-bond donors (Lipinski definition) is 1. The first-order chi connectivity index (χ1) is 10.1. The van der Waals surface area contributed by atoms with Gasteiger partial charge in [0.15, 0.2) is 5.65 Å². The van der Waals surface area contributed by atoms with Crippen molar-refractivity contribution in [3.63, 3.8) is 0 Å². The molecule has 2 atom stereocenters. The summed E-state index contributed by atoms with van der Waals surface area (Å²) in [6.45, 7) is 9.07. The summed E-state index contributed by atoms with van der Waals surface area (Å²) >= 11 is 0. The van der Waals surface area contributed by atoms with Crippen LogP contribution in [0.15, 0.2) is 12.5 Å². The highest BCUT2D eigenvalue weighted by Crippen LogP contribution is 2.21. The van der Waals surface area contributed by atoms with Crippen LogP contribution in [0.1, 0.15) is 20.3 Å². The van der Waals surface area contributed by atoms with Gasteiger partial charge in [0.2, 0.25) is 0 Å². The highest BCUT2D eigenvalue weighted by Gasteiger charge is 2.21. The molecule has 3 heterocycles. The van der Waals surface area contributed by atoms with E-state index in [1.54, 1.807) is 11.0 Å². The summed E-state index contributed by atoms with van der Waals surface area (Å²) in [5.41, 5.74) is 0.868. The van der Waals surface area contributed by atoms with Crippen molar-refractivity contribution in [2.75, 3.05) is 31.5 Å². The third kappa shape index (κ3) is 3.15. The summed E-state index contributed by atoms with van der Waals surface area (Å²) in [7, 11) is 1.90. The zero-order chi connectivity index (χ0) is 14.8. The Balaban J connectivity index is 1.59. The van der Waals surface area contributed by atoms with Gasteiger partial charge >= 0.3 is 0 Å². The maximum Gasteiger partial charge on any atom is 0.163 e. The van der Waals surface area contributed by atoms with E-state index in [9.17, 15) is 0 Å². The third-order valence-corrected chi connectivity index (χ3v) is 4.19. The molecule has 2 aromatic heterocycles. The molecule has 6 heteroatoms. The molecule has 1 aliphatic rings. The molecule has 2 aromatic rings. The normalized spacial score (nSPS) is 23.6. The average Bonchev–Trinajstić information content (AvgIpc) is 2.81. The quantitative estimate of drug-likeness (QED) is 0.929. The molecule has 0 unspecified atom stereocenters. The van der Waals surface area contributed by atoms with Crippen LogP contribution in [0.5, 0.6) is 0 Å². The van der Waals surface area contributed by atoms with Crippen LogP contribution in [-0.4, -0.2) is 50.8 Å². The second-order valence-electron chi connectivity index (χ2n) is 6.36. The van der Waals surface area contributed by atoms with E-state index in [4.69, 9.17) is 0 Å². The number of nitrogens with zero attached hydrogens (tertiary/aromatic N) is 5. The Labute approximate surface area is 125 Å². The van der Waals surface area contributed by atoms with Crippen molar-refractivity contribution in [3.05, 3.63) is 12.5 Å². The Morgan fingerprint density at radius 2 is 2.00 bits per heavy atom. The fourth-order valence-electron chi connectivity index (χ4n) is 3.41. The lowest BCUT2D eigenvalue weighted by Crippen LogP contribution is -2.41. The minimum Gasteiger partial charge on any atom is -0.368 e. The van der Waals surface area contributed by atoms with E-state index in [0.29, 0.717) is 0 Å². The second kappa shape index (κ2) is 5.97. The minimum atomic E-state index is 0.804. The Hall–Kier alpha value is -1.69. The second-order valence-corrected chi connectivity index (χ2v) is 6.36. The summed E-state index contributed by atoms with van der Waals surface area (Å²) in [6, 6.07) is 0. The first-order valence-electron chi connectivity index (χ1n) is 7.72. The molecule has 0 aliphatic carbocycles. The standard InChI is InChI=1S/C15H24N6/c1-11-6-12(2)9-21(8-11)5-4-16-14-13-7-19-20(3)15(13)18-10-17-14/h7,10-12H,4-6,8-9H2,1-3H3,(H,16,17,18)/t11-,12+. The Morgan fingerprint density at radius 3 is 2.76 bits per heavy atom. The first-order valence-corrected chi connectivity index (χ1v) is 7.72. The summed E-state index contributed by atoms with van der Waals surface area (Å²) in [4.78, 5) is 11.1. The number of aromatic nitrogens is 4. The average molecular weight is 288 g/mol. The monoisotopic (exact) mass is 288 g/mol. The van der Waals surface area contributed by atoms with E-state index in [-0.39, 0.29) is 0 Å². The van der Waals surface area contributed by atoms with E-state index in [2.05, 4.69) is 39.1 Å². The van der Waals surface area contributed by atoms with Gasteiger partial charge in [-0.2, -0.15) is 5.10 Å². The zero-order valence-electron chi connectivity index (χ0n) is 13.1. The van der Waals surface area contributed by atoms with Gasteiger partial charge in [0.1, 0.15) is 12.1 Å². The maximum atomic E-state index is 4.34. The summed E-state index contributed by atoms with van der Waals surface area (Å²) in [5, 5.41) is 8.66. The van der Waals surface area contributed by atoms with Crippen molar-refractivity contribution < 1.29 is 0 Å². The fraction of sp³-hybridized carbons (Fsp3) is 0.667. The molecule has 0 radical (unpaired) electrons. The lowest BCUT2D eigenvalue weighted by atomic mass is 9.92. The molecule has 1 N–H and O–H groups in total. The van der Waals surface area contributed by atoms with Crippen LogP contribution in [0.3, 0.4) is 0 Å². The largest absolute Gasteiger partial charge is 0.368 e. The summed E-state index contributed by atoms with van der Waals surface area (Å²) in [5.74, 6) is 2.49. The molecule has 0 amide bonds. The fourth-order valence-corrected chi connectivity index (χ4v) is 3.41. The number of hydrogen-bond acceptors (Lipinski definition) is 5. The Bertz CT molecular complexity index is 597. The lowest BCUT2D eigenvalue weighted by molar-refractivity contribution is 0.146. The minimum absolute atomic E-state index is 0.804. The number of likely N-dealkylation sites (tertiary alicyclic amines) is 1. The smallest absolute Gasteiger partial charge is 0.163 e. The number of rotatable bonds is 4. The van der Waals surface area contributed by atoms with Crippen LogP contribution in [0.25, 0.3) is 11.0 Å². The molecule has 1 aliphatic heterocycles. The molecular weight excluding hydrogens is 264 g/mol. The van der Waals surface area contributed by atoms with Gasteiger partial charge in [-0.1, -0.05) is 13.8 Å². The van der Waals surface area contributed by atoms with Gasteiger partial charge in [-0.25, -0.2) is 9.97 Å². The third-order valence-electron chi connectivity index (χ3n) is 4.19. The molecule has 1 saturated heterocycles. The molecule has 1 fully saturated rings. The van der Waals surface area contributed by atoms with Crippen molar-refractivity contribution in [1.29, 1.82) is 0 Å². The molecule has 0 spiro atoms. The van der Waals surface area contributed by atoms with E-state index >= 15 is 0 Å². The van der Waals surface area contributed by atoms with Crippen LogP contribution in [0, 0.1) is 11.8 Å². The van der Waals surface area contributed by atoms with Crippen molar-refractivity contribution >= 4 is 16.9 Å². The van der Waals surface area contributed by atoms with Crippen molar-refractivity contribution in [1.82, 2.24) is 24.6 Å². The van der Waals surface area contributed by atoms with Gasteiger partial charge in [-0.15, -0.1) is 0 Å². The predicted octanol–water partition coefficient (Wildman–Crippen LogP) is 1.75. The Kier molecular flexibility index (Phi) is 4.05. The number of piperidine rings is 1. The first kappa shape index (κ1) is 14.3. The number of anilines is 1. The van der Waals surface area contributed by atoms with Crippen molar-refractivity contribution in [2.24, 2.45) is 18.9 Å². The summed E-state index contributed by atoms with van der Waals surface area (Å²) < 4.78 is 1.77. The molecule has 21 heavy (non-hydrogen) atoms. The topological polar surface area (TPSA) is 58.9 Å². The molecule has 114 valence electrons. The van der Waals surface area contributed by atoms with Crippen LogP contribution in [-0.2, 0) is 7.05 Å². The molecular formula is C15H24N6. The van der Waals surface area contributed by atoms with Gasteiger partial charge in [0, 0.05) is 33.2 Å². The van der Waals surface area contributed by atoms with Gasteiger partial charge in [-0.3, -0.25) is 4.68 Å². The Morgan fingerprint density at radius 1 is 1.24 bits per heavy atom. The molecule has 3 rings (SSSR count).